The summed E-state index contributed by atoms with van der Waals surface area (Å²) in [6.07, 6.45) is 1.82. The first-order valence-corrected chi connectivity index (χ1v) is 7.44. The maximum Gasteiger partial charge on any atom is 0.251 e. The summed E-state index contributed by atoms with van der Waals surface area (Å²) in [4.78, 5) is 11.6. The molecule has 1 amide bonds. The van der Waals surface area contributed by atoms with Crippen molar-refractivity contribution in [2.45, 2.75) is 0 Å². The highest BCUT2D eigenvalue weighted by atomic mass is 16.1. The van der Waals surface area contributed by atoms with Crippen molar-refractivity contribution in [3.8, 4) is 17.1 Å². The number of carbonyl (C=O) groups is 1. The Morgan fingerprint density at radius 2 is 1.92 bits per heavy atom. The van der Waals surface area contributed by atoms with Crippen molar-refractivity contribution < 1.29 is 4.79 Å². The normalized spacial score (nSPS) is 10.9. The van der Waals surface area contributed by atoms with Crippen LogP contribution in [-0.4, -0.2) is 38.1 Å². The number of aromatic amines is 1. The number of hydrogen-bond donors (Lipinski definition) is 2. The van der Waals surface area contributed by atoms with E-state index in [9.17, 15) is 4.79 Å². The monoisotopic (exact) mass is 318 g/mol. The molecule has 0 aliphatic heterocycles. The number of hydrogen-bond acceptors (Lipinski definition) is 4. The van der Waals surface area contributed by atoms with Gasteiger partial charge in [0.15, 0.2) is 0 Å². The average molecular weight is 318 g/mol. The number of amides is 1. The minimum Gasteiger partial charge on any atom is -0.355 e. The van der Waals surface area contributed by atoms with E-state index in [1.807, 2.05) is 42.6 Å². The maximum atomic E-state index is 11.6. The number of nitrogens with zero attached hydrogens (tertiary/aromatic N) is 4. The molecule has 118 valence electrons. The van der Waals surface area contributed by atoms with Gasteiger partial charge in [0.25, 0.3) is 5.91 Å². The number of rotatable bonds is 3. The van der Waals surface area contributed by atoms with Crippen LogP contribution >= 0.6 is 0 Å². The Morgan fingerprint density at radius 3 is 2.71 bits per heavy atom. The van der Waals surface area contributed by atoms with Gasteiger partial charge in [-0.15, -0.1) is 5.10 Å². The maximum absolute atomic E-state index is 11.6. The van der Waals surface area contributed by atoms with E-state index in [-0.39, 0.29) is 5.91 Å². The van der Waals surface area contributed by atoms with Gasteiger partial charge in [-0.2, -0.15) is 5.10 Å². The average Bonchev–Trinajstić information content (AvgIpc) is 3.28. The van der Waals surface area contributed by atoms with Gasteiger partial charge >= 0.3 is 0 Å². The van der Waals surface area contributed by atoms with E-state index in [1.54, 1.807) is 23.9 Å². The molecule has 4 rings (SSSR count). The van der Waals surface area contributed by atoms with Crippen LogP contribution in [0.4, 0.5) is 0 Å². The Hall–Kier alpha value is -3.48. The lowest BCUT2D eigenvalue weighted by Gasteiger charge is -2.02. The van der Waals surface area contributed by atoms with Gasteiger partial charge in [-0.05, 0) is 30.3 Å². The highest BCUT2D eigenvalue weighted by Crippen LogP contribution is 2.24. The summed E-state index contributed by atoms with van der Waals surface area (Å²) in [5, 5.41) is 19.3. The third kappa shape index (κ3) is 2.32. The fraction of sp³-hybridized carbons (Fsp3) is 0.0588. The van der Waals surface area contributed by atoms with E-state index in [0.717, 1.165) is 22.3 Å². The molecule has 7 heteroatoms. The van der Waals surface area contributed by atoms with E-state index in [0.29, 0.717) is 11.3 Å². The molecule has 2 aromatic carbocycles. The molecule has 7 nitrogen and oxygen atoms in total. The summed E-state index contributed by atoms with van der Waals surface area (Å²) in [7, 11) is 1.61. The van der Waals surface area contributed by atoms with Gasteiger partial charge in [0, 0.05) is 18.0 Å². The van der Waals surface area contributed by atoms with Crippen LogP contribution in [-0.2, 0) is 0 Å². The molecular weight excluding hydrogens is 304 g/mol. The molecule has 2 heterocycles. The fourth-order valence-electron chi connectivity index (χ4n) is 2.57. The fourth-order valence-corrected chi connectivity index (χ4v) is 2.57. The van der Waals surface area contributed by atoms with Crippen LogP contribution in [0.1, 0.15) is 10.4 Å². The molecule has 0 radical (unpaired) electrons. The minimum atomic E-state index is -0.121. The number of nitrogens with one attached hydrogen (secondary N) is 2. The molecule has 0 aliphatic rings. The number of aromatic nitrogens is 5. The standard InChI is InChI=1S/C17H14N6O/c1-18-17(24)11-6-8-12(9-7-11)23-10-15(20-22-23)16-13-4-2-3-5-14(13)19-21-16/h2-10H,1H3,(H,18,24)(H,19,21). The van der Waals surface area contributed by atoms with Crippen LogP contribution in [0.3, 0.4) is 0 Å². The molecule has 2 aromatic heterocycles. The Morgan fingerprint density at radius 1 is 1.12 bits per heavy atom. The number of para-hydroxylation sites is 1. The first-order valence-electron chi connectivity index (χ1n) is 7.44. The highest BCUT2D eigenvalue weighted by Gasteiger charge is 2.12. The van der Waals surface area contributed by atoms with Crippen molar-refractivity contribution in [1.29, 1.82) is 0 Å². The van der Waals surface area contributed by atoms with Crippen LogP contribution in [0.15, 0.2) is 54.7 Å². The van der Waals surface area contributed by atoms with Crippen LogP contribution in [0.2, 0.25) is 0 Å². The first-order chi connectivity index (χ1) is 11.8. The second kappa shape index (κ2) is 5.62. The number of fused-ring (bicyclic) bond motifs is 1. The predicted octanol–water partition coefficient (Wildman–Crippen LogP) is 2.17. The van der Waals surface area contributed by atoms with E-state index in [2.05, 4.69) is 25.8 Å². The lowest BCUT2D eigenvalue weighted by molar-refractivity contribution is 0.0963. The zero-order chi connectivity index (χ0) is 16.5. The van der Waals surface area contributed by atoms with Crippen molar-refractivity contribution >= 4 is 16.8 Å². The molecule has 0 fully saturated rings. The van der Waals surface area contributed by atoms with Gasteiger partial charge in [0.2, 0.25) is 0 Å². The van der Waals surface area contributed by atoms with Crippen molar-refractivity contribution in [3.05, 3.63) is 60.3 Å². The van der Waals surface area contributed by atoms with E-state index < -0.39 is 0 Å². The van der Waals surface area contributed by atoms with Gasteiger partial charge in [-0.1, -0.05) is 23.4 Å². The predicted molar refractivity (Wildman–Crippen MR) is 89.8 cm³/mol. The second-order valence-corrected chi connectivity index (χ2v) is 5.29. The highest BCUT2D eigenvalue weighted by molar-refractivity contribution is 5.94. The van der Waals surface area contributed by atoms with Gasteiger partial charge in [-0.25, -0.2) is 4.68 Å². The smallest absolute Gasteiger partial charge is 0.251 e. The van der Waals surface area contributed by atoms with E-state index in [4.69, 9.17) is 0 Å². The molecule has 0 unspecified atom stereocenters. The molecule has 0 aliphatic carbocycles. The topological polar surface area (TPSA) is 88.5 Å². The molecule has 0 atom stereocenters. The Kier molecular flexibility index (Phi) is 3.31. The summed E-state index contributed by atoms with van der Waals surface area (Å²) in [5.41, 5.74) is 3.82. The third-order valence-corrected chi connectivity index (χ3v) is 3.83. The number of carbonyl (C=O) groups excluding carboxylic acids is 1. The number of H-pyrrole nitrogens is 1. The Balaban J connectivity index is 1.69. The molecule has 4 aromatic rings. The molecule has 24 heavy (non-hydrogen) atoms. The van der Waals surface area contributed by atoms with E-state index in [1.165, 1.54) is 0 Å². The van der Waals surface area contributed by atoms with Crippen LogP contribution in [0.25, 0.3) is 28.0 Å². The second-order valence-electron chi connectivity index (χ2n) is 5.29. The summed E-state index contributed by atoms with van der Waals surface area (Å²) >= 11 is 0. The molecule has 0 bridgehead atoms. The zero-order valence-corrected chi connectivity index (χ0v) is 12.9. The quantitative estimate of drug-likeness (QED) is 0.606. The van der Waals surface area contributed by atoms with Gasteiger partial charge in [0.1, 0.15) is 11.4 Å². The zero-order valence-electron chi connectivity index (χ0n) is 12.9. The van der Waals surface area contributed by atoms with Gasteiger partial charge in [0.05, 0.1) is 17.4 Å². The first kappa shape index (κ1) is 14.1. The Bertz CT molecular complexity index is 1010. The van der Waals surface area contributed by atoms with Crippen molar-refractivity contribution in [1.82, 2.24) is 30.5 Å². The Labute approximate surface area is 137 Å². The lowest BCUT2D eigenvalue weighted by Crippen LogP contribution is -2.17. The van der Waals surface area contributed by atoms with Crippen LogP contribution in [0, 0.1) is 0 Å². The van der Waals surface area contributed by atoms with E-state index >= 15 is 0 Å². The van der Waals surface area contributed by atoms with Crippen LogP contribution in [0.5, 0.6) is 0 Å². The third-order valence-electron chi connectivity index (χ3n) is 3.83. The summed E-state index contributed by atoms with van der Waals surface area (Å²) in [6.45, 7) is 0. The lowest BCUT2D eigenvalue weighted by atomic mass is 10.2. The largest absolute Gasteiger partial charge is 0.355 e. The number of benzene rings is 2. The van der Waals surface area contributed by atoms with Crippen molar-refractivity contribution in [2.24, 2.45) is 0 Å². The summed E-state index contributed by atoms with van der Waals surface area (Å²) in [6, 6.07) is 15.0. The van der Waals surface area contributed by atoms with Crippen molar-refractivity contribution in [2.75, 3.05) is 7.05 Å². The molecule has 2 N–H and O–H groups in total. The van der Waals surface area contributed by atoms with Gasteiger partial charge in [-0.3, -0.25) is 9.89 Å². The minimum absolute atomic E-state index is 0.121. The van der Waals surface area contributed by atoms with Gasteiger partial charge < -0.3 is 5.32 Å². The molecule has 0 saturated carbocycles. The SMILES string of the molecule is CNC(=O)c1ccc(-n2cc(-c3n[nH]c4ccccc34)nn2)cc1. The molecule has 0 saturated heterocycles. The summed E-state index contributed by atoms with van der Waals surface area (Å²) < 4.78 is 1.66. The molecule has 0 spiro atoms. The molecular formula is C17H14N6O. The van der Waals surface area contributed by atoms with Crippen LogP contribution < -0.4 is 5.32 Å². The van der Waals surface area contributed by atoms with Crippen molar-refractivity contribution in [3.63, 3.8) is 0 Å². The summed E-state index contributed by atoms with van der Waals surface area (Å²) in [5.74, 6) is -0.121.